The highest BCUT2D eigenvalue weighted by Gasteiger charge is 2.21. The van der Waals surface area contributed by atoms with Crippen molar-refractivity contribution in [2.45, 2.75) is 6.92 Å². The van der Waals surface area contributed by atoms with Crippen LogP contribution in [0, 0.1) is 6.92 Å². The van der Waals surface area contributed by atoms with E-state index in [1.807, 2.05) is 42.2 Å². The molecule has 0 unspecified atom stereocenters. The Labute approximate surface area is 161 Å². The van der Waals surface area contributed by atoms with Crippen LogP contribution in [-0.4, -0.2) is 51.9 Å². The number of nitrogens with zero attached hydrogens (tertiary/aromatic N) is 5. The normalized spacial score (nSPS) is 15.0. The van der Waals surface area contributed by atoms with Crippen molar-refractivity contribution in [1.29, 1.82) is 0 Å². The van der Waals surface area contributed by atoms with Crippen LogP contribution in [0.4, 0.5) is 11.8 Å². The Hall–Kier alpha value is -3.00. The minimum Gasteiger partial charge on any atom is -0.368 e. The van der Waals surface area contributed by atoms with E-state index in [-0.39, 0.29) is 11.9 Å². The summed E-state index contributed by atoms with van der Waals surface area (Å²) < 4.78 is 1.12. The fraction of sp³-hybridized carbons (Fsp3) is 0.263. The van der Waals surface area contributed by atoms with Crippen molar-refractivity contribution in [3.05, 3.63) is 47.1 Å². The molecule has 1 aromatic carbocycles. The van der Waals surface area contributed by atoms with Gasteiger partial charge in [0.05, 0.1) is 10.2 Å². The third-order valence-corrected chi connectivity index (χ3v) is 5.45. The van der Waals surface area contributed by atoms with Gasteiger partial charge in [0.25, 0.3) is 0 Å². The van der Waals surface area contributed by atoms with E-state index in [9.17, 15) is 4.79 Å². The lowest BCUT2D eigenvalue weighted by Gasteiger charge is -2.35. The molecule has 4 rings (SSSR count). The molecule has 1 aliphatic heterocycles. The van der Waals surface area contributed by atoms with Crippen LogP contribution in [0.5, 0.6) is 0 Å². The monoisotopic (exact) mass is 380 g/mol. The summed E-state index contributed by atoms with van der Waals surface area (Å²) in [6, 6.07) is 9.89. The molecule has 27 heavy (non-hydrogen) atoms. The van der Waals surface area contributed by atoms with Gasteiger partial charge in [-0.05, 0) is 25.1 Å². The first-order valence-corrected chi connectivity index (χ1v) is 9.59. The maximum atomic E-state index is 12.5. The van der Waals surface area contributed by atoms with Crippen LogP contribution in [-0.2, 0) is 4.79 Å². The average molecular weight is 380 g/mol. The summed E-state index contributed by atoms with van der Waals surface area (Å²) >= 11 is 1.58. The van der Waals surface area contributed by atoms with E-state index < -0.39 is 0 Å². The summed E-state index contributed by atoms with van der Waals surface area (Å²) in [5, 5.41) is 0.843. The summed E-state index contributed by atoms with van der Waals surface area (Å²) in [6.07, 6.45) is 3.41. The highest BCUT2D eigenvalue weighted by Crippen LogP contribution is 2.22. The molecular weight excluding hydrogens is 360 g/mol. The van der Waals surface area contributed by atoms with Gasteiger partial charge < -0.3 is 15.5 Å². The van der Waals surface area contributed by atoms with Gasteiger partial charge >= 0.3 is 0 Å². The maximum absolute atomic E-state index is 12.5. The molecule has 1 fully saturated rings. The van der Waals surface area contributed by atoms with Crippen molar-refractivity contribution in [1.82, 2.24) is 19.9 Å². The molecule has 1 amide bonds. The van der Waals surface area contributed by atoms with Crippen LogP contribution in [0.2, 0.25) is 0 Å². The van der Waals surface area contributed by atoms with Gasteiger partial charge in [0.2, 0.25) is 11.9 Å². The topological polar surface area (TPSA) is 88.2 Å². The molecule has 7 nitrogen and oxygen atoms in total. The van der Waals surface area contributed by atoms with Gasteiger partial charge in [-0.2, -0.15) is 4.98 Å². The van der Waals surface area contributed by atoms with E-state index in [4.69, 9.17) is 5.73 Å². The number of rotatable bonds is 3. The number of anilines is 2. The van der Waals surface area contributed by atoms with Crippen molar-refractivity contribution in [2.75, 3.05) is 36.8 Å². The zero-order chi connectivity index (χ0) is 18.8. The van der Waals surface area contributed by atoms with Crippen LogP contribution in [0.3, 0.4) is 0 Å². The summed E-state index contributed by atoms with van der Waals surface area (Å²) in [6.45, 7) is 4.62. The Morgan fingerprint density at radius 3 is 2.67 bits per heavy atom. The minimum atomic E-state index is 0.00675. The quantitative estimate of drug-likeness (QED) is 0.702. The van der Waals surface area contributed by atoms with Crippen molar-refractivity contribution in [3.63, 3.8) is 0 Å². The predicted molar refractivity (Wildman–Crippen MR) is 109 cm³/mol. The molecule has 3 aromatic rings. The molecule has 3 heterocycles. The van der Waals surface area contributed by atoms with Crippen molar-refractivity contribution in [3.8, 4) is 0 Å². The zero-order valence-corrected chi connectivity index (χ0v) is 15.8. The molecule has 2 N–H and O–H groups in total. The van der Waals surface area contributed by atoms with Gasteiger partial charge in [-0.15, -0.1) is 11.3 Å². The molecule has 138 valence electrons. The van der Waals surface area contributed by atoms with E-state index in [0.29, 0.717) is 13.1 Å². The van der Waals surface area contributed by atoms with Crippen LogP contribution in [0.25, 0.3) is 16.3 Å². The van der Waals surface area contributed by atoms with Crippen LogP contribution < -0.4 is 10.6 Å². The fourth-order valence-corrected chi connectivity index (χ4v) is 3.97. The molecule has 2 aromatic heterocycles. The number of thiazole rings is 1. The minimum absolute atomic E-state index is 0.00675. The third kappa shape index (κ3) is 3.90. The maximum Gasteiger partial charge on any atom is 0.246 e. The Morgan fingerprint density at radius 1 is 1.15 bits per heavy atom. The van der Waals surface area contributed by atoms with Crippen LogP contribution >= 0.6 is 11.3 Å². The van der Waals surface area contributed by atoms with Crippen molar-refractivity contribution < 1.29 is 4.79 Å². The van der Waals surface area contributed by atoms with Crippen molar-refractivity contribution >= 4 is 45.3 Å². The number of carbonyl (C=O) groups is 1. The van der Waals surface area contributed by atoms with E-state index in [0.717, 1.165) is 39.8 Å². The number of aryl methyl sites for hydroxylation is 1. The van der Waals surface area contributed by atoms with Crippen LogP contribution in [0.15, 0.2) is 36.4 Å². The lowest BCUT2D eigenvalue weighted by Crippen LogP contribution is -2.48. The third-order valence-electron chi connectivity index (χ3n) is 4.45. The van der Waals surface area contributed by atoms with E-state index in [1.54, 1.807) is 23.5 Å². The van der Waals surface area contributed by atoms with Gasteiger partial charge in [-0.25, -0.2) is 9.97 Å². The summed E-state index contributed by atoms with van der Waals surface area (Å²) in [5.41, 5.74) is 7.54. The summed E-state index contributed by atoms with van der Waals surface area (Å²) in [7, 11) is 0. The number of hydrogen-bond acceptors (Lipinski definition) is 7. The Bertz CT molecular complexity index is 953. The number of para-hydroxylation sites is 1. The lowest BCUT2D eigenvalue weighted by atomic mass is 10.3. The molecule has 0 bridgehead atoms. The number of amides is 1. The highest BCUT2D eigenvalue weighted by atomic mass is 32.1. The molecule has 8 heteroatoms. The number of aromatic nitrogens is 3. The lowest BCUT2D eigenvalue weighted by molar-refractivity contribution is -0.126. The first-order chi connectivity index (χ1) is 13.1. The van der Waals surface area contributed by atoms with Gasteiger partial charge in [0.1, 0.15) is 10.8 Å². The van der Waals surface area contributed by atoms with Gasteiger partial charge in [-0.1, -0.05) is 12.1 Å². The van der Waals surface area contributed by atoms with Crippen LogP contribution in [0.1, 0.15) is 10.7 Å². The van der Waals surface area contributed by atoms with E-state index in [1.165, 1.54) is 0 Å². The second-order valence-electron chi connectivity index (χ2n) is 6.39. The molecule has 0 aliphatic carbocycles. The number of fused-ring (bicyclic) bond motifs is 1. The predicted octanol–water partition coefficient (Wildman–Crippen LogP) is 2.34. The number of piperazine rings is 1. The molecule has 0 atom stereocenters. The fourth-order valence-electron chi connectivity index (χ4n) is 3.10. The van der Waals surface area contributed by atoms with E-state index in [2.05, 4.69) is 19.9 Å². The second-order valence-corrected chi connectivity index (χ2v) is 7.45. The molecule has 1 saturated heterocycles. The largest absolute Gasteiger partial charge is 0.368 e. The van der Waals surface area contributed by atoms with Crippen molar-refractivity contribution in [2.24, 2.45) is 0 Å². The molecule has 0 saturated carbocycles. The summed E-state index contributed by atoms with van der Waals surface area (Å²) in [5.74, 6) is 1.10. The van der Waals surface area contributed by atoms with Gasteiger partial charge in [0, 0.05) is 44.0 Å². The standard InChI is InChI=1S/C19H20N6OS/c1-13-12-16(23-19(20)21-13)24-8-10-25(11-9-24)18(26)7-6-17-22-14-4-2-3-5-15(14)27-17/h2-7,12H,8-11H2,1H3,(H2,20,21,23)/b7-6+. The number of hydrogen-bond donors (Lipinski definition) is 1. The number of carbonyl (C=O) groups excluding carboxylic acids is 1. The molecular formula is C19H20N6OS. The summed E-state index contributed by atoms with van der Waals surface area (Å²) in [4.78, 5) is 29.4. The first-order valence-electron chi connectivity index (χ1n) is 8.77. The van der Waals surface area contributed by atoms with Gasteiger partial charge in [-0.3, -0.25) is 4.79 Å². The first kappa shape index (κ1) is 17.4. The smallest absolute Gasteiger partial charge is 0.246 e. The highest BCUT2D eigenvalue weighted by molar-refractivity contribution is 7.19. The number of nitrogen functional groups attached to an aromatic ring is 1. The average Bonchev–Trinajstić information content (AvgIpc) is 3.08. The number of nitrogens with two attached hydrogens (primary N) is 1. The Kier molecular flexibility index (Phi) is 4.72. The Balaban J connectivity index is 1.38. The molecule has 1 aliphatic rings. The Morgan fingerprint density at radius 2 is 1.93 bits per heavy atom. The second kappa shape index (κ2) is 7.32. The number of benzene rings is 1. The molecule has 0 spiro atoms. The van der Waals surface area contributed by atoms with Gasteiger partial charge in [0.15, 0.2) is 0 Å². The zero-order valence-electron chi connectivity index (χ0n) is 15.0. The molecule has 0 radical (unpaired) electrons. The SMILES string of the molecule is Cc1cc(N2CCN(C(=O)/C=C/c3nc4ccccc4s3)CC2)nc(N)n1. The van der Waals surface area contributed by atoms with E-state index >= 15 is 0 Å².